The third-order valence-corrected chi connectivity index (χ3v) is 7.33. The number of hydrogen-bond acceptors (Lipinski definition) is 8. The molecule has 0 aliphatic carbocycles. The summed E-state index contributed by atoms with van der Waals surface area (Å²) in [5.41, 5.74) is 1.17. The Balaban J connectivity index is 1.86. The van der Waals surface area contributed by atoms with Gasteiger partial charge in [0.05, 0.1) is 23.9 Å². The summed E-state index contributed by atoms with van der Waals surface area (Å²) in [4.78, 5) is 45.2. The van der Waals surface area contributed by atoms with Gasteiger partial charge in [-0.1, -0.05) is 71.1 Å². The molecule has 1 aromatic heterocycles. The maximum Gasteiger partial charge on any atom is 0.350 e. The van der Waals surface area contributed by atoms with Crippen LogP contribution in [0.4, 0.5) is 5.13 Å². The summed E-state index contributed by atoms with van der Waals surface area (Å²) in [6.45, 7) is 7.65. The van der Waals surface area contributed by atoms with Gasteiger partial charge in [0.1, 0.15) is 23.0 Å². The fourth-order valence-electron chi connectivity index (χ4n) is 4.01. The molecule has 3 aromatic rings. The summed E-state index contributed by atoms with van der Waals surface area (Å²) >= 11 is 4.39. The van der Waals surface area contributed by atoms with E-state index in [-0.39, 0.29) is 27.9 Å². The number of benzene rings is 2. The first-order valence-corrected chi connectivity index (χ1v) is 13.4. The number of thiazole rings is 1. The summed E-state index contributed by atoms with van der Waals surface area (Å²) in [5, 5.41) is 11.5. The first-order valence-electron chi connectivity index (χ1n) is 11.8. The lowest BCUT2D eigenvalue weighted by Crippen LogP contribution is -2.29. The number of amides is 1. The van der Waals surface area contributed by atoms with Gasteiger partial charge in [-0.05, 0) is 43.2 Å². The first-order chi connectivity index (χ1) is 18.3. The van der Waals surface area contributed by atoms with E-state index in [1.165, 1.54) is 11.0 Å². The van der Waals surface area contributed by atoms with E-state index in [4.69, 9.17) is 9.47 Å². The quantitative estimate of drug-likeness (QED) is 0.107. The molecule has 196 valence electrons. The Morgan fingerprint density at radius 2 is 2.00 bits per heavy atom. The van der Waals surface area contributed by atoms with Crippen molar-refractivity contribution in [2.24, 2.45) is 0 Å². The number of ketones is 1. The highest BCUT2D eigenvalue weighted by molar-refractivity contribution is 9.10. The second kappa shape index (κ2) is 11.7. The zero-order valence-corrected chi connectivity index (χ0v) is 23.2. The second-order valence-electron chi connectivity index (χ2n) is 8.40. The van der Waals surface area contributed by atoms with E-state index in [1.807, 2.05) is 13.0 Å². The molecule has 2 heterocycles. The number of aliphatic hydroxyl groups excluding tert-OH is 1. The molecule has 0 saturated carbocycles. The van der Waals surface area contributed by atoms with Crippen LogP contribution in [0.2, 0.25) is 0 Å². The Morgan fingerprint density at radius 1 is 1.24 bits per heavy atom. The molecule has 2 aromatic carbocycles. The predicted molar refractivity (Wildman–Crippen MR) is 148 cm³/mol. The number of esters is 1. The van der Waals surface area contributed by atoms with Crippen LogP contribution in [0.15, 0.2) is 71.2 Å². The van der Waals surface area contributed by atoms with Gasteiger partial charge in [-0.3, -0.25) is 14.5 Å². The minimum absolute atomic E-state index is 0.0229. The van der Waals surface area contributed by atoms with Crippen LogP contribution in [-0.4, -0.2) is 41.0 Å². The Morgan fingerprint density at radius 3 is 2.71 bits per heavy atom. The van der Waals surface area contributed by atoms with E-state index < -0.39 is 23.7 Å². The molecule has 8 nitrogen and oxygen atoms in total. The molecule has 1 unspecified atom stereocenters. The minimum atomic E-state index is -0.990. The second-order valence-corrected chi connectivity index (χ2v) is 10.3. The van der Waals surface area contributed by atoms with Gasteiger partial charge in [0.15, 0.2) is 5.13 Å². The lowest BCUT2D eigenvalue weighted by molar-refractivity contribution is -0.132. The number of ether oxygens (including phenoxy) is 2. The van der Waals surface area contributed by atoms with Crippen LogP contribution in [0.3, 0.4) is 0 Å². The molecule has 38 heavy (non-hydrogen) atoms. The van der Waals surface area contributed by atoms with Crippen molar-refractivity contribution in [3.8, 4) is 5.75 Å². The van der Waals surface area contributed by atoms with Gasteiger partial charge in [-0.25, -0.2) is 9.78 Å². The molecule has 10 heteroatoms. The van der Waals surface area contributed by atoms with Crippen LogP contribution in [0, 0.1) is 6.92 Å². The molecule has 1 aliphatic rings. The van der Waals surface area contributed by atoms with Crippen molar-refractivity contribution in [2.45, 2.75) is 26.3 Å². The highest BCUT2D eigenvalue weighted by Crippen LogP contribution is 2.44. The minimum Gasteiger partial charge on any atom is -0.507 e. The Kier molecular flexibility index (Phi) is 8.43. The van der Waals surface area contributed by atoms with E-state index in [9.17, 15) is 19.5 Å². The number of anilines is 1. The zero-order chi connectivity index (χ0) is 27.4. The SMILES string of the molecule is C=CCOC(=O)c1sc(N2C(=O)C(=O)/C(=C(/O)c3cccc(OCCC)c3)C2c2cccc(Br)c2)nc1C. The number of nitrogens with zero attached hydrogens (tertiary/aromatic N) is 2. The van der Waals surface area contributed by atoms with Gasteiger partial charge < -0.3 is 14.6 Å². The van der Waals surface area contributed by atoms with Crippen molar-refractivity contribution in [1.82, 2.24) is 4.98 Å². The standard InChI is InChI=1S/C28H25BrN2O6S/c1-4-12-36-20-11-7-9-18(15-20)23(32)21-22(17-8-6-10-19(29)14-17)31(26(34)24(21)33)28-30-16(3)25(38-28)27(35)37-13-5-2/h5-11,14-15,22,32H,2,4,12-13H2,1,3H3/b23-21+. The van der Waals surface area contributed by atoms with Crippen LogP contribution in [-0.2, 0) is 14.3 Å². The Hall–Kier alpha value is -3.76. The van der Waals surface area contributed by atoms with Crippen LogP contribution in [0.1, 0.15) is 45.9 Å². The maximum absolute atomic E-state index is 13.4. The topological polar surface area (TPSA) is 106 Å². The van der Waals surface area contributed by atoms with Gasteiger partial charge in [-0.2, -0.15) is 0 Å². The normalized spacial score (nSPS) is 16.5. The zero-order valence-electron chi connectivity index (χ0n) is 20.8. The van der Waals surface area contributed by atoms with Gasteiger partial charge in [0, 0.05) is 10.0 Å². The molecule has 1 N–H and O–H groups in total. The van der Waals surface area contributed by atoms with Crippen molar-refractivity contribution < 1.29 is 29.0 Å². The van der Waals surface area contributed by atoms with Crippen molar-refractivity contribution in [1.29, 1.82) is 0 Å². The monoisotopic (exact) mass is 596 g/mol. The highest BCUT2D eigenvalue weighted by Gasteiger charge is 2.48. The number of hydrogen-bond donors (Lipinski definition) is 1. The lowest BCUT2D eigenvalue weighted by atomic mass is 9.95. The molecule has 1 aliphatic heterocycles. The third-order valence-electron chi connectivity index (χ3n) is 5.70. The summed E-state index contributed by atoms with van der Waals surface area (Å²) in [6, 6.07) is 12.8. The molecule has 1 atom stereocenters. The Bertz CT molecular complexity index is 1450. The number of halogens is 1. The van der Waals surface area contributed by atoms with Crippen molar-refractivity contribution in [2.75, 3.05) is 18.1 Å². The van der Waals surface area contributed by atoms with E-state index in [0.717, 1.165) is 22.2 Å². The van der Waals surface area contributed by atoms with Gasteiger partial charge in [0.25, 0.3) is 5.78 Å². The third kappa shape index (κ3) is 5.41. The highest BCUT2D eigenvalue weighted by atomic mass is 79.9. The molecule has 0 spiro atoms. The van der Waals surface area contributed by atoms with Gasteiger partial charge in [-0.15, -0.1) is 0 Å². The average molecular weight is 597 g/mol. The summed E-state index contributed by atoms with van der Waals surface area (Å²) in [5.74, 6) is -2.14. The fourth-order valence-corrected chi connectivity index (χ4v) is 5.41. The molecule has 1 saturated heterocycles. The first kappa shape index (κ1) is 27.3. The van der Waals surface area contributed by atoms with Crippen molar-refractivity contribution in [3.05, 3.63) is 92.9 Å². The lowest BCUT2D eigenvalue weighted by Gasteiger charge is -2.23. The van der Waals surface area contributed by atoms with Crippen molar-refractivity contribution >= 4 is 55.8 Å². The molecule has 1 amide bonds. The average Bonchev–Trinajstić information content (AvgIpc) is 3.42. The molecular formula is C28H25BrN2O6S. The van der Waals surface area contributed by atoms with E-state index in [1.54, 1.807) is 49.4 Å². The number of aliphatic hydroxyl groups is 1. The van der Waals surface area contributed by atoms with Crippen LogP contribution >= 0.6 is 27.3 Å². The molecule has 0 bridgehead atoms. The van der Waals surface area contributed by atoms with E-state index >= 15 is 0 Å². The van der Waals surface area contributed by atoms with Crippen LogP contribution in [0.5, 0.6) is 5.75 Å². The fraction of sp³-hybridized carbons (Fsp3) is 0.214. The summed E-state index contributed by atoms with van der Waals surface area (Å²) in [7, 11) is 0. The molecule has 0 radical (unpaired) electrons. The number of aryl methyl sites for hydroxylation is 1. The number of Topliss-reactive ketones (excluding diaryl/α,β-unsaturated/α-hetero) is 1. The maximum atomic E-state index is 13.4. The smallest absolute Gasteiger partial charge is 0.350 e. The van der Waals surface area contributed by atoms with Crippen LogP contribution in [0.25, 0.3) is 5.76 Å². The number of carbonyl (C=O) groups is 3. The summed E-state index contributed by atoms with van der Waals surface area (Å²) in [6.07, 6.45) is 2.25. The molecular weight excluding hydrogens is 572 g/mol. The largest absolute Gasteiger partial charge is 0.507 e. The Labute approximate surface area is 232 Å². The number of aromatic nitrogens is 1. The predicted octanol–water partition coefficient (Wildman–Crippen LogP) is 5.97. The van der Waals surface area contributed by atoms with Gasteiger partial charge >= 0.3 is 11.9 Å². The number of rotatable bonds is 9. The van der Waals surface area contributed by atoms with Crippen LogP contribution < -0.4 is 9.64 Å². The van der Waals surface area contributed by atoms with Crippen molar-refractivity contribution in [3.63, 3.8) is 0 Å². The summed E-state index contributed by atoms with van der Waals surface area (Å²) < 4.78 is 11.5. The molecule has 1 fully saturated rings. The van der Waals surface area contributed by atoms with Gasteiger partial charge in [0.2, 0.25) is 0 Å². The number of carbonyl (C=O) groups excluding carboxylic acids is 3. The van der Waals surface area contributed by atoms with E-state index in [0.29, 0.717) is 29.2 Å². The molecule has 4 rings (SSSR count). The van der Waals surface area contributed by atoms with E-state index in [2.05, 4.69) is 27.5 Å².